The Morgan fingerprint density at radius 2 is 1.89 bits per heavy atom. The van der Waals surface area contributed by atoms with Crippen molar-refractivity contribution >= 4 is 0 Å². The van der Waals surface area contributed by atoms with Crippen LogP contribution in [0.5, 0.6) is 0 Å². The molecule has 0 saturated carbocycles. The number of aromatic nitrogens is 6. The molecule has 0 bridgehead atoms. The van der Waals surface area contributed by atoms with Gasteiger partial charge in [0.05, 0.1) is 43.7 Å². The number of hydrogen-bond acceptors (Lipinski definition) is 9. The van der Waals surface area contributed by atoms with Crippen LogP contribution in [0.25, 0.3) is 11.3 Å². The van der Waals surface area contributed by atoms with Crippen LogP contribution in [-0.2, 0) is 26.2 Å². The van der Waals surface area contributed by atoms with Crippen LogP contribution in [0.3, 0.4) is 0 Å². The van der Waals surface area contributed by atoms with Gasteiger partial charge in [0, 0.05) is 18.9 Å². The molecule has 5 rings (SSSR count). The molecule has 14 heteroatoms. The average Bonchev–Trinajstić information content (AvgIpc) is 3.52. The van der Waals surface area contributed by atoms with E-state index in [1.54, 1.807) is 10.9 Å². The molecule has 2 fully saturated rings. The summed E-state index contributed by atoms with van der Waals surface area (Å²) in [6, 6.07) is 0.918. The van der Waals surface area contributed by atoms with Crippen LogP contribution in [0.2, 0.25) is 0 Å². The van der Waals surface area contributed by atoms with E-state index in [0.29, 0.717) is 13.2 Å². The van der Waals surface area contributed by atoms with E-state index in [0.717, 1.165) is 17.8 Å². The van der Waals surface area contributed by atoms with Crippen molar-refractivity contribution in [1.29, 1.82) is 0 Å². The van der Waals surface area contributed by atoms with Crippen molar-refractivity contribution in [1.82, 2.24) is 30.0 Å². The number of halogens is 3. The van der Waals surface area contributed by atoms with Gasteiger partial charge >= 0.3 is 0 Å². The third-order valence-electron chi connectivity index (χ3n) is 6.73. The summed E-state index contributed by atoms with van der Waals surface area (Å²) in [6.07, 6.45) is -0.711. The Balaban J connectivity index is 1.43. The van der Waals surface area contributed by atoms with Gasteiger partial charge < -0.3 is 24.4 Å². The predicted molar refractivity (Wildman–Crippen MR) is 115 cm³/mol. The number of benzene rings is 1. The van der Waals surface area contributed by atoms with Crippen LogP contribution in [-0.4, -0.2) is 91.5 Å². The number of aliphatic hydroxyl groups is 2. The molecule has 0 radical (unpaired) electrons. The van der Waals surface area contributed by atoms with Gasteiger partial charge in [-0.3, -0.25) is 0 Å². The van der Waals surface area contributed by atoms with Gasteiger partial charge in [-0.1, -0.05) is 10.4 Å². The van der Waals surface area contributed by atoms with Gasteiger partial charge in [0.1, 0.15) is 36.2 Å². The van der Waals surface area contributed by atoms with E-state index >= 15 is 0 Å². The molecule has 0 aliphatic carbocycles. The second kappa shape index (κ2) is 9.52. The topological polar surface area (TPSA) is 130 Å². The third-order valence-corrected chi connectivity index (χ3v) is 6.73. The van der Waals surface area contributed by atoms with Gasteiger partial charge in [-0.25, -0.2) is 22.5 Å². The Morgan fingerprint density at radius 1 is 1.11 bits per heavy atom. The molecule has 36 heavy (non-hydrogen) atoms. The average molecular weight is 510 g/mol. The van der Waals surface area contributed by atoms with Crippen LogP contribution in [0.4, 0.5) is 13.2 Å². The molecule has 194 valence electrons. The summed E-state index contributed by atoms with van der Waals surface area (Å²) in [5.41, 5.74) is 0.178. The molecule has 2 N–H and O–H groups in total. The lowest BCUT2D eigenvalue weighted by Crippen LogP contribution is -2.57. The minimum atomic E-state index is -1.63. The standard InChI is InChI=1S/C22H25F3N6O5/c1-22(9-35-10-22)16-7-30(28-27-16)6-14-21(34-2)19(20(33)15(8-32)36-14)31-5-13(26-29-31)11-3-4-12(23)18(25)17(11)24/h3-5,7,14-15,19-21,32-33H,6,8-10H2,1-2H3/t14-,15-,19+,20+,21+/m1/s1. The first kappa shape index (κ1) is 24.8. The highest BCUT2D eigenvalue weighted by atomic mass is 19.2. The molecule has 4 heterocycles. The fourth-order valence-electron chi connectivity index (χ4n) is 4.59. The zero-order valence-electron chi connectivity index (χ0n) is 19.5. The fourth-order valence-corrected chi connectivity index (χ4v) is 4.59. The van der Waals surface area contributed by atoms with Crippen molar-refractivity contribution in [3.8, 4) is 11.3 Å². The highest BCUT2D eigenvalue weighted by Crippen LogP contribution is 2.34. The van der Waals surface area contributed by atoms with Crippen molar-refractivity contribution in [2.75, 3.05) is 26.9 Å². The van der Waals surface area contributed by atoms with Gasteiger partial charge in [0.2, 0.25) is 0 Å². The van der Waals surface area contributed by atoms with Gasteiger partial charge in [-0.15, -0.1) is 10.2 Å². The van der Waals surface area contributed by atoms with Crippen LogP contribution in [0, 0.1) is 17.5 Å². The zero-order chi connectivity index (χ0) is 25.6. The lowest BCUT2D eigenvalue weighted by molar-refractivity contribution is -0.216. The smallest absolute Gasteiger partial charge is 0.195 e. The highest BCUT2D eigenvalue weighted by Gasteiger charge is 2.47. The maximum atomic E-state index is 14.3. The van der Waals surface area contributed by atoms with Gasteiger partial charge in [0.25, 0.3) is 0 Å². The molecule has 2 aromatic heterocycles. The van der Waals surface area contributed by atoms with E-state index in [1.165, 1.54) is 18.0 Å². The first-order chi connectivity index (χ1) is 17.3. The molecule has 0 unspecified atom stereocenters. The molecule has 2 aliphatic heterocycles. The molecule has 0 amide bonds. The third kappa shape index (κ3) is 4.18. The van der Waals surface area contributed by atoms with Gasteiger partial charge in [-0.2, -0.15) is 0 Å². The fraction of sp³-hybridized carbons (Fsp3) is 0.545. The number of hydrogen-bond donors (Lipinski definition) is 2. The minimum absolute atomic E-state index is 0.0751. The monoisotopic (exact) mass is 510 g/mol. The summed E-state index contributed by atoms with van der Waals surface area (Å²) >= 11 is 0. The maximum Gasteiger partial charge on any atom is 0.195 e. The molecular formula is C22H25F3N6O5. The largest absolute Gasteiger partial charge is 0.394 e. The Morgan fingerprint density at radius 3 is 2.56 bits per heavy atom. The summed E-state index contributed by atoms with van der Waals surface area (Å²) in [6.45, 7) is 2.79. The van der Waals surface area contributed by atoms with Crippen molar-refractivity contribution in [2.24, 2.45) is 0 Å². The van der Waals surface area contributed by atoms with Crippen LogP contribution >= 0.6 is 0 Å². The van der Waals surface area contributed by atoms with Crippen molar-refractivity contribution < 1.29 is 37.6 Å². The number of rotatable bonds is 7. The number of methoxy groups -OCH3 is 1. The van der Waals surface area contributed by atoms with Crippen LogP contribution in [0.1, 0.15) is 18.7 Å². The minimum Gasteiger partial charge on any atom is -0.394 e. The molecular weight excluding hydrogens is 485 g/mol. The molecule has 2 aliphatic rings. The first-order valence-electron chi connectivity index (χ1n) is 11.3. The van der Waals surface area contributed by atoms with E-state index in [-0.39, 0.29) is 23.2 Å². The quantitative estimate of drug-likeness (QED) is 0.440. The van der Waals surface area contributed by atoms with Crippen LogP contribution in [0.15, 0.2) is 24.5 Å². The van der Waals surface area contributed by atoms with E-state index in [2.05, 4.69) is 20.6 Å². The lowest BCUT2D eigenvalue weighted by Gasteiger charge is -2.43. The summed E-state index contributed by atoms with van der Waals surface area (Å²) in [4.78, 5) is 0. The second-order valence-electron chi connectivity index (χ2n) is 9.26. The SMILES string of the molecule is CO[C@@H]1[C@@H](n2cc(-c3ccc(F)c(F)c3F)nn2)[C@@H](O)[C@@H](CO)O[C@@H]1Cn1cc(C2(C)COC2)nn1. The van der Waals surface area contributed by atoms with Gasteiger partial charge in [-0.05, 0) is 19.1 Å². The van der Waals surface area contributed by atoms with Crippen molar-refractivity contribution in [2.45, 2.75) is 49.3 Å². The van der Waals surface area contributed by atoms with E-state index in [1.807, 2.05) is 6.92 Å². The number of aliphatic hydroxyl groups excluding tert-OH is 2. The highest BCUT2D eigenvalue weighted by molar-refractivity contribution is 5.58. The zero-order valence-corrected chi connectivity index (χ0v) is 19.5. The predicted octanol–water partition coefficient (Wildman–Crippen LogP) is 0.619. The molecule has 3 aromatic rings. The normalized spacial score (nSPS) is 27.7. The molecule has 5 atom stereocenters. The van der Waals surface area contributed by atoms with E-state index in [9.17, 15) is 23.4 Å². The first-order valence-corrected chi connectivity index (χ1v) is 11.3. The lowest BCUT2D eigenvalue weighted by atomic mass is 9.85. The molecule has 0 spiro atoms. The number of nitrogens with zero attached hydrogens (tertiary/aromatic N) is 6. The Kier molecular flexibility index (Phi) is 6.55. The molecule has 2 saturated heterocycles. The summed E-state index contributed by atoms with van der Waals surface area (Å²) in [5.74, 6) is -4.36. The molecule has 1 aromatic carbocycles. The summed E-state index contributed by atoms with van der Waals surface area (Å²) < 4.78 is 61.1. The van der Waals surface area contributed by atoms with Crippen molar-refractivity contribution in [3.63, 3.8) is 0 Å². The number of ether oxygens (including phenoxy) is 3. The summed E-state index contributed by atoms with van der Waals surface area (Å²) in [5, 5.41) is 37.1. The maximum absolute atomic E-state index is 14.3. The Hall–Kier alpha value is -2.91. The second-order valence-corrected chi connectivity index (χ2v) is 9.26. The summed E-state index contributed by atoms with van der Waals surface area (Å²) in [7, 11) is 1.42. The van der Waals surface area contributed by atoms with Crippen molar-refractivity contribution in [3.05, 3.63) is 47.7 Å². The molecule has 11 nitrogen and oxygen atoms in total. The Labute approximate surface area is 203 Å². The Bertz CT molecular complexity index is 1230. The van der Waals surface area contributed by atoms with E-state index in [4.69, 9.17) is 14.2 Å². The van der Waals surface area contributed by atoms with E-state index < -0.39 is 54.5 Å². The van der Waals surface area contributed by atoms with Gasteiger partial charge in [0.15, 0.2) is 17.5 Å². The van der Waals surface area contributed by atoms with Crippen LogP contribution < -0.4 is 0 Å².